The molecule has 0 rings (SSSR count). The summed E-state index contributed by atoms with van der Waals surface area (Å²) in [5.41, 5.74) is 1.90. The van der Waals surface area contributed by atoms with Crippen LogP contribution in [0.15, 0.2) is 23.9 Å². The zero-order chi connectivity index (χ0) is 10.4. The summed E-state index contributed by atoms with van der Waals surface area (Å²) in [5.74, 6) is 0.0740. The molecule has 0 saturated heterocycles. The molecular formula is C11H19NO. The van der Waals surface area contributed by atoms with Crippen LogP contribution in [0.2, 0.25) is 0 Å². The first kappa shape index (κ1) is 11.9. The molecule has 0 radical (unpaired) electrons. The highest BCUT2D eigenvalue weighted by molar-refractivity contribution is 5.88. The lowest BCUT2D eigenvalue weighted by Gasteiger charge is -2.24. The van der Waals surface area contributed by atoms with Crippen LogP contribution in [0.3, 0.4) is 0 Å². The lowest BCUT2D eigenvalue weighted by Crippen LogP contribution is -2.23. The number of carbonyl (C=O) groups excluding carboxylic acids is 1. The Morgan fingerprint density at radius 2 is 1.77 bits per heavy atom. The van der Waals surface area contributed by atoms with Crippen molar-refractivity contribution in [1.29, 1.82) is 0 Å². The van der Waals surface area contributed by atoms with E-state index in [-0.39, 0.29) is 5.78 Å². The fraction of sp³-hybridized carbons (Fsp3) is 0.545. The Labute approximate surface area is 80.9 Å². The van der Waals surface area contributed by atoms with Gasteiger partial charge in [0.05, 0.1) is 0 Å². The number of allylic oxidation sites excluding steroid dienone is 2. The highest BCUT2D eigenvalue weighted by Crippen LogP contribution is 2.12. The molecule has 0 N–H and O–H groups in total. The van der Waals surface area contributed by atoms with E-state index in [0.717, 1.165) is 24.4 Å². The molecule has 0 saturated carbocycles. The summed E-state index contributed by atoms with van der Waals surface area (Å²) in [6.07, 6.45) is 1.65. The summed E-state index contributed by atoms with van der Waals surface area (Å²) in [6, 6.07) is 0. The lowest BCUT2D eigenvalue weighted by atomic mass is 10.2. The van der Waals surface area contributed by atoms with Crippen LogP contribution in [-0.2, 0) is 4.79 Å². The Morgan fingerprint density at radius 1 is 1.31 bits per heavy atom. The average molecular weight is 181 g/mol. The summed E-state index contributed by atoms with van der Waals surface area (Å²) in [5, 5.41) is 0. The second-order valence-electron chi connectivity index (χ2n) is 3.09. The second kappa shape index (κ2) is 5.57. The highest BCUT2D eigenvalue weighted by Gasteiger charge is 2.06. The molecular weight excluding hydrogens is 162 g/mol. The molecule has 0 aromatic rings. The van der Waals surface area contributed by atoms with Crippen LogP contribution in [-0.4, -0.2) is 23.8 Å². The zero-order valence-electron chi connectivity index (χ0n) is 9.05. The van der Waals surface area contributed by atoms with Gasteiger partial charge in [0.2, 0.25) is 0 Å². The summed E-state index contributed by atoms with van der Waals surface area (Å²) in [7, 11) is 0. The third-order valence-electron chi connectivity index (χ3n) is 1.88. The van der Waals surface area contributed by atoms with E-state index in [1.165, 1.54) is 0 Å². The second-order valence-corrected chi connectivity index (χ2v) is 3.09. The van der Waals surface area contributed by atoms with Crippen molar-refractivity contribution in [3.63, 3.8) is 0 Å². The van der Waals surface area contributed by atoms with Gasteiger partial charge >= 0.3 is 0 Å². The van der Waals surface area contributed by atoms with E-state index in [1.54, 1.807) is 13.0 Å². The molecule has 0 bridgehead atoms. The van der Waals surface area contributed by atoms with Gasteiger partial charge in [0, 0.05) is 24.9 Å². The first-order valence-electron chi connectivity index (χ1n) is 4.66. The van der Waals surface area contributed by atoms with Crippen molar-refractivity contribution in [3.8, 4) is 0 Å². The van der Waals surface area contributed by atoms with Crippen LogP contribution in [0.4, 0.5) is 0 Å². The fourth-order valence-corrected chi connectivity index (χ4v) is 1.24. The number of ketones is 1. The first-order chi connectivity index (χ1) is 6.02. The number of hydrogen-bond acceptors (Lipinski definition) is 2. The van der Waals surface area contributed by atoms with E-state index in [0.29, 0.717) is 0 Å². The van der Waals surface area contributed by atoms with E-state index >= 15 is 0 Å². The molecule has 2 nitrogen and oxygen atoms in total. The zero-order valence-corrected chi connectivity index (χ0v) is 9.05. The van der Waals surface area contributed by atoms with Crippen molar-refractivity contribution in [2.24, 2.45) is 0 Å². The number of rotatable bonds is 5. The van der Waals surface area contributed by atoms with Crippen molar-refractivity contribution < 1.29 is 4.79 Å². The van der Waals surface area contributed by atoms with Crippen LogP contribution in [0.5, 0.6) is 0 Å². The van der Waals surface area contributed by atoms with Crippen LogP contribution in [0.1, 0.15) is 27.7 Å². The Hall–Kier alpha value is -1.05. The molecule has 0 aliphatic carbocycles. The normalized spacial score (nSPS) is 11.2. The minimum Gasteiger partial charge on any atom is -0.372 e. The Morgan fingerprint density at radius 3 is 2.00 bits per heavy atom. The minimum atomic E-state index is 0.0740. The summed E-state index contributed by atoms with van der Waals surface area (Å²) < 4.78 is 0. The number of carbonyl (C=O) groups is 1. The van der Waals surface area contributed by atoms with Gasteiger partial charge in [-0.1, -0.05) is 6.58 Å². The van der Waals surface area contributed by atoms with Gasteiger partial charge in [0.1, 0.15) is 0 Å². The average Bonchev–Trinajstić information content (AvgIpc) is 2.04. The topological polar surface area (TPSA) is 20.3 Å². The van der Waals surface area contributed by atoms with E-state index < -0.39 is 0 Å². The molecule has 0 amide bonds. The molecule has 0 fully saturated rings. The quantitative estimate of drug-likeness (QED) is 0.479. The van der Waals surface area contributed by atoms with Crippen LogP contribution in [0, 0.1) is 0 Å². The Kier molecular flexibility index (Phi) is 5.12. The molecule has 13 heavy (non-hydrogen) atoms. The minimum absolute atomic E-state index is 0.0740. The predicted octanol–water partition coefficient (Wildman–Crippen LogP) is 2.38. The highest BCUT2D eigenvalue weighted by atomic mass is 16.1. The van der Waals surface area contributed by atoms with Crippen LogP contribution in [0.25, 0.3) is 0 Å². The first-order valence-corrected chi connectivity index (χ1v) is 4.66. The molecule has 0 aliphatic heterocycles. The summed E-state index contributed by atoms with van der Waals surface area (Å²) in [6.45, 7) is 13.3. The predicted molar refractivity (Wildman–Crippen MR) is 56.5 cm³/mol. The molecule has 0 spiro atoms. The molecule has 0 aromatic carbocycles. The SMILES string of the molecule is C=C(C)/C(=C\C(C)=O)N(CC)CC. The van der Waals surface area contributed by atoms with Gasteiger partial charge in [0.25, 0.3) is 0 Å². The number of nitrogens with zero attached hydrogens (tertiary/aromatic N) is 1. The van der Waals surface area contributed by atoms with Crippen molar-refractivity contribution in [2.45, 2.75) is 27.7 Å². The van der Waals surface area contributed by atoms with E-state index in [4.69, 9.17) is 0 Å². The third-order valence-corrected chi connectivity index (χ3v) is 1.88. The van der Waals surface area contributed by atoms with E-state index in [2.05, 4.69) is 25.3 Å². The fourth-order valence-electron chi connectivity index (χ4n) is 1.24. The summed E-state index contributed by atoms with van der Waals surface area (Å²) in [4.78, 5) is 13.1. The maximum absolute atomic E-state index is 11.0. The molecule has 0 aliphatic rings. The van der Waals surface area contributed by atoms with Gasteiger partial charge in [0.15, 0.2) is 5.78 Å². The maximum atomic E-state index is 11.0. The number of likely N-dealkylation sites (N-methyl/N-ethyl adjacent to an activating group) is 1. The van der Waals surface area contributed by atoms with Gasteiger partial charge in [-0.3, -0.25) is 4.79 Å². The molecule has 74 valence electrons. The smallest absolute Gasteiger partial charge is 0.154 e. The Bertz CT molecular complexity index is 224. The van der Waals surface area contributed by atoms with Crippen molar-refractivity contribution in [2.75, 3.05) is 13.1 Å². The Balaban J connectivity index is 4.78. The monoisotopic (exact) mass is 181 g/mol. The maximum Gasteiger partial charge on any atom is 0.154 e. The van der Waals surface area contributed by atoms with Crippen LogP contribution >= 0.6 is 0 Å². The van der Waals surface area contributed by atoms with Gasteiger partial charge in [-0.15, -0.1) is 0 Å². The standard InChI is InChI=1S/C11H19NO/c1-6-12(7-2)11(9(3)4)8-10(5)13/h8H,3,6-7H2,1-2,4-5H3/b11-8+. The molecule has 2 heteroatoms. The molecule has 0 atom stereocenters. The van der Waals surface area contributed by atoms with E-state index in [9.17, 15) is 4.79 Å². The lowest BCUT2D eigenvalue weighted by molar-refractivity contribution is -0.112. The van der Waals surface area contributed by atoms with Gasteiger partial charge in [-0.25, -0.2) is 0 Å². The van der Waals surface area contributed by atoms with Crippen molar-refractivity contribution in [3.05, 3.63) is 23.9 Å². The largest absolute Gasteiger partial charge is 0.372 e. The van der Waals surface area contributed by atoms with Crippen LogP contribution < -0.4 is 0 Å². The molecule has 0 aromatic heterocycles. The third kappa shape index (κ3) is 3.92. The van der Waals surface area contributed by atoms with Gasteiger partial charge in [-0.05, 0) is 33.3 Å². The van der Waals surface area contributed by atoms with Gasteiger partial charge in [-0.2, -0.15) is 0 Å². The summed E-state index contributed by atoms with van der Waals surface area (Å²) >= 11 is 0. The van der Waals surface area contributed by atoms with Crippen molar-refractivity contribution >= 4 is 5.78 Å². The molecule has 0 heterocycles. The van der Waals surface area contributed by atoms with Crippen molar-refractivity contribution in [1.82, 2.24) is 4.90 Å². The molecule has 0 unspecified atom stereocenters. The van der Waals surface area contributed by atoms with E-state index in [1.807, 2.05) is 6.92 Å². The van der Waals surface area contributed by atoms with Gasteiger partial charge < -0.3 is 4.90 Å². The number of hydrogen-bond donors (Lipinski definition) is 0.